The summed E-state index contributed by atoms with van der Waals surface area (Å²) in [5.41, 5.74) is 5.89. The molecule has 21 heavy (non-hydrogen) atoms. The Hall–Kier alpha value is -0.700. The fourth-order valence-corrected chi connectivity index (χ4v) is 3.27. The maximum absolute atomic E-state index is 12.2. The molecular formula is C13H27N3O4S. The van der Waals surface area contributed by atoms with Gasteiger partial charge in [0, 0.05) is 32.8 Å². The van der Waals surface area contributed by atoms with Crippen molar-refractivity contribution in [3.63, 3.8) is 0 Å². The third-order valence-electron chi connectivity index (χ3n) is 3.71. The summed E-state index contributed by atoms with van der Waals surface area (Å²) in [6.45, 7) is 3.31. The molecule has 1 rings (SSSR count). The summed E-state index contributed by atoms with van der Waals surface area (Å²) >= 11 is 0. The molecule has 0 radical (unpaired) electrons. The predicted octanol–water partition coefficient (Wildman–Crippen LogP) is -0.329. The molecule has 7 nitrogen and oxygen atoms in total. The Labute approximate surface area is 127 Å². The number of ether oxygens (including phenoxy) is 1. The van der Waals surface area contributed by atoms with Gasteiger partial charge in [-0.3, -0.25) is 4.79 Å². The first kappa shape index (κ1) is 18.3. The molecule has 1 amide bonds. The molecule has 1 aliphatic heterocycles. The van der Waals surface area contributed by atoms with Crippen LogP contribution in [0.3, 0.4) is 0 Å². The second-order valence-corrected chi connectivity index (χ2v) is 7.40. The zero-order valence-electron chi connectivity index (χ0n) is 12.9. The molecule has 0 bridgehead atoms. The van der Waals surface area contributed by atoms with Crippen LogP contribution < -0.4 is 10.5 Å². The highest BCUT2D eigenvalue weighted by Crippen LogP contribution is 2.13. The van der Waals surface area contributed by atoms with Gasteiger partial charge in [-0.05, 0) is 32.6 Å². The van der Waals surface area contributed by atoms with E-state index in [-0.39, 0.29) is 17.7 Å². The summed E-state index contributed by atoms with van der Waals surface area (Å²) in [6, 6.07) is -0.576. The van der Waals surface area contributed by atoms with Crippen molar-refractivity contribution in [1.82, 2.24) is 9.62 Å². The molecule has 1 fully saturated rings. The number of rotatable bonds is 8. The number of carbonyl (C=O) groups is 1. The van der Waals surface area contributed by atoms with E-state index < -0.39 is 16.1 Å². The molecule has 3 N–H and O–H groups in total. The van der Waals surface area contributed by atoms with Crippen molar-refractivity contribution >= 4 is 15.9 Å². The normalized spacial score (nSPS) is 18.7. The molecule has 0 spiro atoms. The van der Waals surface area contributed by atoms with Crippen LogP contribution in [-0.2, 0) is 19.6 Å². The van der Waals surface area contributed by atoms with Gasteiger partial charge in [-0.1, -0.05) is 0 Å². The van der Waals surface area contributed by atoms with Gasteiger partial charge in [-0.2, -0.15) is 0 Å². The Morgan fingerprint density at radius 1 is 1.43 bits per heavy atom. The number of hydrogen-bond acceptors (Lipinski definition) is 5. The topological polar surface area (TPSA) is 102 Å². The van der Waals surface area contributed by atoms with Crippen LogP contribution >= 0.6 is 0 Å². The standard InChI is InChI=1S/C13H27N3O4S/c1-3-21(18,19)15-11-6-8-16(9-7-11)13(17)12(14)5-4-10-20-2/h11-12,15H,3-10,14H2,1-2H3. The molecule has 1 saturated heterocycles. The van der Waals surface area contributed by atoms with Crippen LogP contribution in [0.5, 0.6) is 0 Å². The molecule has 1 atom stereocenters. The molecule has 0 aromatic carbocycles. The van der Waals surface area contributed by atoms with Crippen LogP contribution in [0.25, 0.3) is 0 Å². The van der Waals surface area contributed by atoms with Crippen LogP contribution in [0.15, 0.2) is 0 Å². The van der Waals surface area contributed by atoms with Crippen LogP contribution in [0.4, 0.5) is 0 Å². The van der Waals surface area contributed by atoms with Gasteiger partial charge < -0.3 is 15.4 Å². The average Bonchev–Trinajstić information content (AvgIpc) is 2.47. The molecule has 0 saturated carbocycles. The third kappa shape index (κ3) is 6.29. The van der Waals surface area contributed by atoms with Crippen LogP contribution in [-0.4, -0.2) is 63.9 Å². The number of nitrogens with two attached hydrogens (primary N) is 1. The smallest absolute Gasteiger partial charge is 0.239 e. The van der Waals surface area contributed by atoms with E-state index in [2.05, 4.69) is 4.72 Å². The number of hydrogen-bond donors (Lipinski definition) is 2. The zero-order valence-corrected chi connectivity index (χ0v) is 13.7. The second kappa shape index (κ2) is 8.67. The number of carbonyl (C=O) groups excluding carboxylic acids is 1. The highest BCUT2D eigenvalue weighted by atomic mass is 32.2. The lowest BCUT2D eigenvalue weighted by Gasteiger charge is -2.33. The summed E-state index contributed by atoms with van der Waals surface area (Å²) < 4.78 is 30.6. The van der Waals surface area contributed by atoms with Gasteiger partial charge in [0.1, 0.15) is 0 Å². The van der Waals surface area contributed by atoms with E-state index in [1.807, 2.05) is 0 Å². The predicted molar refractivity (Wildman–Crippen MR) is 81.3 cm³/mol. The first-order valence-electron chi connectivity index (χ1n) is 7.43. The summed E-state index contributed by atoms with van der Waals surface area (Å²) in [4.78, 5) is 13.9. The minimum absolute atomic E-state index is 0.0529. The van der Waals surface area contributed by atoms with E-state index in [9.17, 15) is 13.2 Å². The summed E-state index contributed by atoms with van der Waals surface area (Å²) in [6.07, 6.45) is 2.64. The van der Waals surface area contributed by atoms with Gasteiger partial charge in [0.15, 0.2) is 0 Å². The molecule has 124 valence electrons. The fourth-order valence-electron chi connectivity index (χ4n) is 2.36. The highest BCUT2D eigenvalue weighted by molar-refractivity contribution is 7.89. The molecule has 1 heterocycles. The maximum atomic E-state index is 12.2. The average molecular weight is 321 g/mol. The van der Waals surface area contributed by atoms with Crippen molar-refractivity contribution in [1.29, 1.82) is 0 Å². The number of nitrogens with one attached hydrogen (secondary N) is 1. The first-order chi connectivity index (χ1) is 9.89. The van der Waals surface area contributed by atoms with Crippen LogP contribution in [0.1, 0.15) is 32.6 Å². The van der Waals surface area contributed by atoms with E-state index in [4.69, 9.17) is 10.5 Å². The third-order valence-corrected chi connectivity index (χ3v) is 5.17. The van der Waals surface area contributed by atoms with E-state index in [1.165, 1.54) is 0 Å². The molecule has 1 aliphatic rings. The Kier molecular flexibility index (Phi) is 7.58. The van der Waals surface area contributed by atoms with Crippen molar-refractivity contribution in [2.24, 2.45) is 5.73 Å². The van der Waals surface area contributed by atoms with E-state index in [0.717, 1.165) is 6.42 Å². The zero-order chi connectivity index (χ0) is 15.9. The van der Waals surface area contributed by atoms with Gasteiger partial charge in [0.05, 0.1) is 11.8 Å². The van der Waals surface area contributed by atoms with E-state index in [1.54, 1.807) is 18.9 Å². The fraction of sp³-hybridized carbons (Fsp3) is 0.923. The Morgan fingerprint density at radius 2 is 2.05 bits per heavy atom. The highest BCUT2D eigenvalue weighted by Gasteiger charge is 2.27. The van der Waals surface area contributed by atoms with E-state index >= 15 is 0 Å². The lowest BCUT2D eigenvalue weighted by atomic mass is 10.0. The minimum Gasteiger partial charge on any atom is -0.385 e. The Morgan fingerprint density at radius 3 is 2.57 bits per heavy atom. The number of nitrogens with zero attached hydrogens (tertiary/aromatic N) is 1. The lowest BCUT2D eigenvalue weighted by molar-refractivity contribution is -0.133. The SMILES string of the molecule is CCS(=O)(=O)NC1CCN(C(=O)C(N)CCCOC)CC1. The molecular weight excluding hydrogens is 294 g/mol. The Bertz CT molecular complexity index is 419. The molecule has 1 unspecified atom stereocenters. The van der Waals surface area contributed by atoms with Gasteiger partial charge >= 0.3 is 0 Å². The van der Waals surface area contributed by atoms with Crippen molar-refractivity contribution in [2.45, 2.75) is 44.7 Å². The second-order valence-electron chi connectivity index (χ2n) is 5.36. The minimum atomic E-state index is -3.18. The van der Waals surface area contributed by atoms with Crippen LogP contribution in [0.2, 0.25) is 0 Å². The Balaban J connectivity index is 2.36. The number of amides is 1. The van der Waals surface area contributed by atoms with Gasteiger partial charge in [0.25, 0.3) is 0 Å². The lowest BCUT2D eigenvalue weighted by Crippen LogP contribution is -2.51. The van der Waals surface area contributed by atoms with Gasteiger partial charge in [-0.15, -0.1) is 0 Å². The summed E-state index contributed by atoms with van der Waals surface area (Å²) in [5.74, 6) is 0.0270. The number of piperidine rings is 1. The molecule has 8 heteroatoms. The largest absolute Gasteiger partial charge is 0.385 e. The van der Waals surface area contributed by atoms with Gasteiger partial charge in [-0.25, -0.2) is 13.1 Å². The van der Waals surface area contributed by atoms with Crippen molar-refractivity contribution in [2.75, 3.05) is 32.6 Å². The van der Waals surface area contributed by atoms with Crippen molar-refractivity contribution < 1.29 is 17.9 Å². The van der Waals surface area contributed by atoms with Gasteiger partial charge in [0.2, 0.25) is 15.9 Å². The molecule has 0 aromatic rings. The maximum Gasteiger partial charge on any atom is 0.239 e. The summed E-state index contributed by atoms with van der Waals surface area (Å²) in [7, 11) is -1.56. The monoisotopic (exact) mass is 321 g/mol. The first-order valence-corrected chi connectivity index (χ1v) is 9.08. The number of sulfonamides is 1. The quantitative estimate of drug-likeness (QED) is 0.596. The molecule has 0 aromatic heterocycles. The molecule has 0 aliphatic carbocycles. The van der Waals surface area contributed by atoms with E-state index in [0.29, 0.717) is 39.0 Å². The number of methoxy groups -OCH3 is 1. The van der Waals surface area contributed by atoms with Crippen LogP contribution in [0, 0.1) is 0 Å². The summed E-state index contributed by atoms with van der Waals surface area (Å²) in [5, 5.41) is 0. The van der Waals surface area contributed by atoms with Crippen molar-refractivity contribution in [3.05, 3.63) is 0 Å². The van der Waals surface area contributed by atoms with Crippen molar-refractivity contribution in [3.8, 4) is 0 Å². The number of likely N-dealkylation sites (tertiary alicyclic amines) is 1.